The van der Waals surface area contributed by atoms with Crippen LogP contribution in [0.15, 0.2) is 0 Å². The standard InChI is InChI=1S/C13H22N4O2S/c1-10-11(17(18)19)12(16(2)15-10)14-9-13(20-3)7-5-4-6-8-13/h14H,4-9H2,1-3H3. The van der Waals surface area contributed by atoms with Crippen molar-refractivity contribution < 1.29 is 4.92 Å². The third-order valence-electron chi connectivity index (χ3n) is 4.15. The van der Waals surface area contributed by atoms with E-state index in [1.807, 2.05) is 11.8 Å². The van der Waals surface area contributed by atoms with Gasteiger partial charge in [0.05, 0.1) is 4.92 Å². The van der Waals surface area contributed by atoms with Crippen LogP contribution in [0.5, 0.6) is 0 Å². The summed E-state index contributed by atoms with van der Waals surface area (Å²) < 4.78 is 1.77. The van der Waals surface area contributed by atoms with Crippen LogP contribution < -0.4 is 5.32 Å². The lowest BCUT2D eigenvalue weighted by atomic mass is 9.88. The molecule has 1 aromatic rings. The van der Waals surface area contributed by atoms with Crippen molar-refractivity contribution in [2.24, 2.45) is 7.05 Å². The van der Waals surface area contributed by atoms with Crippen LogP contribution in [0.4, 0.5) is 11.5 Å². The fourth-order valence-corrected chi connectivity index (χ4v) is 3.87. The molecule has 1 saturated carbocycles. The number of aromatic nitrogens is 2. The third-order valence-corrected chi connectivity index (χ3v) is 5.57. The molecule has 0 radical (unpaired) electrons. The molecule has 6 nitrogen and oxygen atoms in total. The zero-order valence-corrected chi connectivity index (χ0v) is 13.1. The summed E-state index contributed by atoms with van der Waals surface area (Å²) >= 11 is 1.88. The molecule has 1 heterocycles. The first-order valence-corrected chi connectivity index (χ1v) is 8.18. The van der Waals surface area contributed by atoms with Gasteiger partial charge in [0, 0.05) is 18.3 Å². The summed E-state index contributed by atoms with van der Waals surface area (Å²) in [5.74, 6) is 0.520. The van der Waals surface area contributed by atoms with E-state index >= 15 is 0 Å². The molecule has 7 heteroatoms. The van der Waals surface area contributed by atoms with Gasteiger partial charge in [0.15, 0.2) is 0 Å². The second-order valence-electron chi connectivity index (χ2n) is 5.46. The Balaban J connectivity index is 2.16. The Morgan fingerprint density at radius 1 is 1.45 bits per heavy atom. The normalized spacial score (nSPS) is 17.9. The van der Waals surface area contributed by atoms with Gasteiger partial charge in [-0.05, 0) is 26.0 Å². The van der Waals surface area contributed by atoms with Gasteiger partial charge in [0.1, 0.15) is 5.69 Å². The van der Waals surface area contributed by atoms with E-state index < -0.39 is 0 Å². The molecule has 0 aliphatic heterocycles. The van der Waals surface area contributed by atoms with Crippen LogP contribution in [-0.4, -0.2) is 32.3 Å². The summed E-state index contributed by atoms with van der Waals surface area (Å²) in [5.41, 5.74) is 0.557. The first kappa shape index (κ1) is 15.2. The Kier molecular flexibility index (Phi) is 4.57. The smallest absolute Gasteiger partial charge is 0.333 e. The average molecular weight is 298 g/mol. The van der Waals surface area contributed by atoms with E-state index in [0.29, 0.717) is 11.5 Å². The Hall–Kier alpha value is -1.24. The van der Waals surface area contributed by atoms with Crippen molar-refractivity contribution in [2.75, 3.05) is 18.1 Å². The Morgan fingerprint density at radius 3 is 2.65 bits per heavy atom. The molecule has 0 spiro atoms. The third kappa shape index (κ3) is 2.92. The zero-order chi connectivity index (χ0) is 14.8. The van der Waals surface area contributed by atoms with Crippen LogP contribution in [0.25, 0.3) is 0 Å². The molecule has 1 aromatic heterocycles. The quantitative estimate of drug-likeness (QED) is 0.668. The largest absolute Gasteiger partial charge is 0.363 e. The van der Waals surface area contributed by atoms with Crippen molar-refractivity contribution >= 4 is 23.3 Å². The molecule has 0 unspecified atom stereocenters. The maximum absolute atomic E-state index is 11.2. The molecular weight excluding hydrogens is 276 g/mol. The number of aryl methyl sites for hydroxylation is 2. The minimum Gasteiger partial charge on any atom is -0.363 e. The van der Waals surface area contributed by atoms with Crippen molar-refractivity contribution in [2.45, 2.75) is 43.8 Å². The first-order chi connectivity index (χ1) is 9.49. The predicted molar refractivity (Wildman–Crippen MR) is 82.4 cm³/mol. The molecule has 0 amide bonds. The van der Waals surface area contributed by atoms with E-state index in [-0.39, 0.29) is 15.4 Å². The van der Waals surface area contributed by atoms with E-state index in [2.05, 4.69) is 16.7 Å². The molecule has 20 heavy (non-hydrogen) atoms. The van der Waals surface area contributed by atoms with Gasteiger partial charge in [-0.3, -0.25) is 10.1 Å². The van der Waals surface area contributed by atoms with Gasteiger partial charge in [0.25, 0.3) is 0 Å². The first-order valence-electron chi connectivity index (χ1n) is 6.96. The summed E-state index contributed by atoms with van der Waals surface area (Å²) in [6, 6.07) is 0. The molecular formula is C13H22N4O2S. The number of hydrogen-bond donors (Lipinski definition) is 1. The molecule has 1 aliphatic rings. The fraction of sp³-hybridized carbons (Fsp3) is 0.769. The monoisotopic (exact) mass is 298 g/mol. The Morgan fingerprint density at radius 2 is 2.10 bits per heavy atom. The van der Waals surface area contributed by atoms with Gasteiger partial charge in [-0.2, -0.15) is 16.9 Å². The number of nitrogens with one attached hydrogen (secondary N) is 1. The van der Waals surface area contributed by atoms with E-state index in [1.54, 1.807) is 18.7 Å². The van der Waals surface area contributed by atoms with E-state index in [1.165, 1.54) is 32.1 Å². The van der Waals surface area contributed by atoms with E-state index in [9.17, 15) is 10.1 Å². The van der Waals surface area contributed by atoms with Crippen molar-refractivity contribution in [1.29, 1.82) is 0 Å². The maximum Gasteiger partial charge on any atom is 0.333 e. The highest BCUT2D eigenvalue weighted by atomic mass is 32.2. The van der Waals surface area contributed by atoms with Crippen molar-refractivity contribution in [3.05, 3.63) is 15.8 Å². The second kappa shape index (κ2) is 6.03. The van der Waals surface area contributed by atoms with Crippen molar-refractivity contribution in [3.8, 4) is 0 Å². The number of nitrogens with zero attached hydrogens (tertiary/aromatic N) is 3. The number of nitro groups is 1. The van der Waals surface area contributed by atoms with Crippen LogP contribution in [0, 0.1) is 17.0 Å². The lowest BCUT2D eigenvalue weighted by Gasteiger charge is -2.36. The minimum atomic E-state index is -0.350. The molecule has 0 atom stereocenters. The van der Waals surface area contributed by atoms with Crippen LogP contribution >= 0.6 is 11.8 Å². The van der Waals surface area contributed by atoms with Crippen LogP contribution in [0.1, 0.15) is 37.8 Å². The Labute approximate surface area is 123 Å². The van der Waals surface area contributed by atoms with Gasteiger partial charge in [-0.25, -0.2) is 4.68 Å². The van der Waals surface area contributed by atoms with Gasteiger partial charge < -0.3 is 5.32 Å². The second-order valence-corrected chi connectivity index (χ2v) is 6.74. The van der Waals surface area contributed by atoms with Gasteiger partial charge in [-0.1, -0.05) is 19.3 Å². The number of rotatable bonds is 5. The molecule has 1 fully saturated rings. The number of hydrogen-bond acceptors (Lipinski definition) is 5. The summed E-state index contributed by atoms with van der Waals surface area (Å²) in [6.07, 6.45) is 8.27. The predicted octanol–water partition coefficient (Wildman–Crippen LogP) is 3.11. The molecule has 112 valence electrons. The fourth-order valence-electron chi connectivity index (χ4n) is 2.96. The summed E-state index contributed by atoms with van der Waals surface area (Å²) in [5, 5.41) is 18.6. The molecule has 1 N–H and O–H groups in total. The maximum atomic E-state index is 11.2. The van der Waals surface area contributed by atoms with Crippen LogP contribution in [-0.2, 0) is 7.05 Å². The summed E-state index contributed by atoms with van der Waals surface area (Å²) in [6.45, 7) is 2.43. The minimum absolute atomic E-state index is 0.0968. The molecule has 0 bridgehead atoms. The highest BCUT2D eigenvalue weighted by Crippen LogP contribution is 2.39. The highest BCUT2D eigenvalue weighted by molar-refractivity contribution is 8.00. The SMILES string of the molecule is CSC1(CNc2c([N+](=O)[O-])c(C)nn2C)CCCCC1. The molecule has 2 rings (SSSR count). The van der Waals surface area contributed by atoms with Crippen LogP contribution in [0.2, 0.25) is 0 Å². The van der Waals surface area contributed by atoms with Crippen molar-refractivity contribution in [3.63, 3.8) is 0 Å². The number of anilines is 1. The van der Waals surface area contributed by atoms with E-state index in [4.69, 9.17) is 0 Å². The lowest BCUT2D eigenvalue weighted by Crippen LogP contribution is -2.36. The van der Waals surface area contributed by atoms with Gasteiger partial charge in [0.2, 0.25) is 5.82 Å². The Bertz CT molecular complexity index is 495. The topological polar surface area (TPSA) is 73.0 Å². The average Bonchev–Trinajstić information content (AvgIpc) is 2.72. The van der Waals surface area contributed by atoms with E-state index in [0.717, 1.165) is 6.54 Å². The van der Waals surface area contributed by atoms with Gasteiger partial charge in [-0.15, -0.1) is 0 Å². The van der Waals surface area contributed by atoms with Crippen LogP contribution in [0.3, 0.4) is 0 Å². The molecule has 1 aliphatic carbocycles. The lowest BCUT2D eigenvalue weighted by molar-refractivity contribution is -0.384. The molecule has 0 aromatic carbocycles. The molecule has 0 saturated heterocycles. The zero-order valence-electron chi connectivity index (χ0n) is 12.3. The number of thioether (sulfide) groups is 1. The van der Waals surface area contributed by atoms with Crippen molar-refractivity contribution in [1.82, 2.24) is 9.78 Å². The summed E-state index contributed by atoms with van der Waals surface area (Å²) in [7, 11) is 1.75. The highest BCUT2D eigenvalue weighted by Gasteiger charge is 2.33. The summed E-state index contributed by atoms with van der Waals surface area (Å²) in [4.78, 5) is 10.8. The van der Waals surface area contributed by atoms with Gasteiger partial charge >= 0.3 is 5.69 Å².